The minimum absolute atomic E-state index is 0.0939. The molecule has 112 valence electrons. The number of amides is 1. The lowest BCUT2D eigenvalue weighted by Crippen LogP contribution is -2.42. The zero-order chi connectivity index (χ0) is 15.4. The van der Waals surface area contributed by atoms with Crippen molar-refractivity contribution in [2.24, 2.45) is 11.8 Å². The highest BCUT2D eigenvalue weighted by Crippen LogP contribution is 2.30. The quantitative estimate of drug-likeness (QED) is 0.866. The number of para-hydroxylation sites is 1. The van der Waals surface area contributed by atoms with Gasteiger partial charge in [0, 0.05) is 12.2 Å². The maximum Gasteiger partial charge on any atom is 0.307 e. The summed E-state index contributed by atoms with van der Waals surface area (Å²) in [5.74, 6) is -2.09. The predicted octanol–water partition coefficient (Wildman–Crippen LogP) is 3.01. The second kappa shape index (κ2) is 6.57. The van der Waals surface area contributed by atoms with E-state index in [1.165, 1.54) is 0 Å². The van der Waals surface area contributed by atoms with Gasteiger partial charge >= 0.3 is 5.97 Å². The molecule has 0 fully saturated rings. The summed E-state index contributed by atoms with van der Waals surface area (Å²) in [5.41, 5.74) is 1.88. The number of aryl methyl sites for hydroxylation is 1. The van der Waals surface area contributed by atoms with E-state index in [0.717, 1.165) is 11.3 Å². The van der Waals surface area contributed by atoms with Crippen LogP contribution in [0.1, 0.15) is 25.3 Å². The Morgan fingerprint density at radius 3 is 2.38 bits per heavy atom. The zero-order valence-electron chi connectivity index (χ0n) is 12.5. The molecule has 1 N–H and O–H groups in total. The van der Waals surface area contributed by atoms with Crippen molar-refractivity contribution in [3.8, 4) is 0 Å². The Morgan fingerprint density at radius 1 is 1.19 bits per heavy atom. The molecule has 21 heavy (non-hydrogen) atoms. The molecule has 1 aromatic carbocycles. The van der Waals surface area contributed by atoms with Crippen LogP contribution in [0.5, 0.6) is 0 Å². The van der Waals surface area contributed by atoms with Gasteiger partial charge in [-0.25, -0.2) is 0 Å². The number of rotatable bonds is 4. The smallest absolute Gasteiger partial charge is 0.307 e. The van der Waals surface area contributed by atoms with Crippen LogP contribution in [0.3, 0.4) is 0 Å². The number of allylic oxidation sites excluding steroid dienone is 2. The largest absolute Gasteiger partial charge is 0.481 e. The normalized spacial score (nSPS) is 21.0. The molecule has 0 bridgehead atoms. The van der Waals surface area contributed by atoms with Crippen LogP contribution in [0.2, 0.25) is 0 Å². The van der Waals surface area contributed by atoms with Crippen LogP contribution in [0.25, 0.3) is 0 Å². The summed E-state index contributed by atoms with van der Waals surface area (Å²) in [6.07, 6.45) is 4.69. The number of carboxylic acid groups (broad SMARTS) is 1. The van der Waals surface area contributed by atoms with Crippen LogP contribution in [-0.2, 0) is 9.59 Å². The van der Waals surface area contributed by atoms with Gasteiger partial charge < -0.3 is 10.0 Å². The van der Waals surface area contributed by atoms with Crippen molar-refractivity contribution in [3.63, 3.8) is 0 Å². The Labute approximate surface area is 125 Å². The highest BCUT2D eigenvalue weighted by molar-refractivity contribution is 5.98. The van der Waals surface area contributed by atoms with E-state index in [4.69, 9.17) is 0 Å². The molecule has 0 aliphatic heterocycles. The fraction of sp³-hybridized carbons (Fsp3) is 0.412. The molecule has 1 aliphatic rings. The molecule has 0 heterocycles. The zero-order valence-corrected chi connectivity index (χ0v) is 12.5. The molecular weight excluding hydrogens is 266 g/mol. The number of hydrogen-bond donors (Lipinski definition) is 1. The fourth-order valence-corrected chi connectivity index (χ4v) is 2.87. The molecular formula is C17H21NO3. The number of carbonyl (C=O) groups is 2. The van der Waals surface area contributed by atoms with Crippen molar-refractivity contribution < 1.29 is 14.7 Å². The number of anilines is 1. The number of nitrogens with zero attached hydrogens (tertiary/aromatic N) is 1. The molecule has 2 rings (SSSR count). The lowest BCUT2D eigenvalue weighted by Gasteiger charge is -2.31. The Morgan fingerprint density at radius 2 is 1.81 bits per heavy atom. The Bertz CT molecular complexity index is 565. The van der Waals surface area contributed by atoms with Gasteiger partial charge in [-0.3, -0.25) is 9.59 Å². The van der Waals surface area contributed by atoms with E-state index in [9.17, 15) is 14.7 Å². The molecule has 4 heteroatoms. The molecule has 0 radical (unpaired) electrons. The summed E-state index contributed by atoms with van der Waals surface area (Å²) in [7, 11) is 0. The van der Waals surface area contributed by atoms with Gasteiger partial charge in [-0.05, 0) is 38.3 Å². The predicted molar refractivity (Wildman–Crippen MR) is 82.2 cm³/mol. The van der Waals surface area contributed by atoms with Crippen molar-refractivity contribution in [1.82, 2.24) is 0 Å². The topological polar surface area (TPSA) is 57.6 Å². The van der Waals surface area contributed by atoms with Crippen molar-refractivity contribution in [3.05, 3.63) is 42.0 Å². The van der Waals surface area contributed by atoms with Crippen molar-refractivity contribution in [2.75, 3.05) is 11.4 Å². The summed E-state index contributed by atoms with van der Waals surface area (Å²) in [4.78, 5) is 25.9. The molecule has 1 amide bonds. The Balaban J connectivity index is 2.30. The van der Waals surface area contributed by atoms with Gasteiger partial charge in [0.1, 0.15) is 0 Å². The summed E-state index contributed by atoms with van der Waals surface area (Å²) in [6.45, 7) is 4.41. The first-order valence-electron chi connectivity index (χ1n) is 7.31. The molecule has 0 unspecified atom stereocenters. The van der Waals surface area contributed by atoms with E-state index < -0.39 is 17.8 Å². The third-order valence-electron chi connectivity index (χ3n) is 4.06. The van der Waals surface area contributed by atoms with Crippen LogP contribution in [0.4, 0.5) is 5.69 Å². The molecule has 4 nitrogen and oxygen atoms in total. The van der Waals surface area contributed by atoms with Crippen LogP contribution in [0.15, 0.2) is 36.4 Å². The van der Waals surface area contributed by atoms with E-state index in [1.54, 1.807) is 4.90 Å². The van der Waals surface area contributed by atoms with E-state index in [2.05, 4.69) is 0 Å². The van der Waals surface area contributed by atoms with Crippen LogP contribution < -0.4 is 4.90 Å². The van der Waals surface area contributed by atoms with Crippen molar-refractivity contribution >= 4 is 17.6 Å². The average molecular weight is 287 g/mol. The van der Waals surface area contributed by atoms with Crippen molar-refractivity contribution in [1.29, 1.82) is 0 Å². The fourth-order valence-electron chi connectivity index (χ4n) is 2.87. The second-order valence-electron chi connectivity index (χ2n) is 5.36. The lowest BCUT2D eigenvalue weighted by molar-refractivity contribution is -0.146. The molecule has 0 aromatic heterocycles. The van der Waals surface area contributed by atoms with E-state index >= 15 is 0 Å². The van der Waals surface area contributed by atoms with Gasteiger partial charge in [-0.1, -0.05) is 30.4 Å². The third-order valence-corrected chi connectivity index (χ3v) is 4.06. The number of carbonyl (C=O) groups excluding carboxylic acids is 1. The minimum atomic E-state index is -0.890. The Kier molecular flexibility index (Phi) is 4.78. The second-order valence-corrected chi connectivity index (χ2v) is 5.36. The monoisotopic (exact) mass is 287 g/mol. The maximum absolute atomic E-state index is 12.8. The summed E-state index contributed by atoms with van der Waals surface area (Å²) in [5, 5.41) is 9.33. The average Bonchev–Trinajstić information content (AvgIpc) is 2.49. The first-order valence-corrected chi connectivity index (χ1v) is 7.31. The lowest BCUT2D eigenvalue weighted by atomic mass is 9.82. The van der Waals surface area contributed by atoms with Crippen LogP contribution in [0, 0.1) is 18.8 Å². The summed E-state index contributed by atoms with van der Waals surface area (Å²) >= 11 is 0. The van der Waals surface area contributed by atoms with Crippen LogP contribution in [-0.4, -0.2) is 23.5 Å². The van der Waals surface area contributed by atoms with Gasteiger partial charge in [0.15, 0.2) is 0 Å². The first-order chi connectivity index (χ1) is 10.1. The number of benzene rings is 1. The number of hydrogen-bond acceptors (Lipinski definition) is 2. The van der Waals surface area contributed by atoms with Gasteiger partial charge in [0.2, 0.25) is 5.91 Å². The molecule has 0 spiro atoms. The third kappa shape index (κ3) is 3.15. The van der Waals surface area contributed by atoms with Gasteiger partial charge in [-0.15, -0.1) is 0 Å². The molecule has 2 atom stereocenters. The molecule has 1 aromatic rings. The van der Waals surface area contributed by atoms with Crippen LogP contribution >= 0.6 is 0 Å². The van der Waals surface area contributed by atoms with Gasteiger partial charge in [0.25, 0.3) is 0 Å². The standard InChI is InChI=1S/C17H21NO3/c1-3-18(15-11-7-4-8-12(15)2)16(19)13-9-5-6-10-14(13)17(20)21/h4-8,11,13-14H,3,9-10H2,1-2H3,(H,20,21)/t13-,14+/m1/s1. The summed E-state index contributed by atoms with van der Waals surface area (Å²) < 4.78 is 0. The molecule has 1 aliphatic carbocycles. The first kappa shape index (κ1) is 15.3. The molecule has 0 saturated carbocycles. The maximum atomic E-state index is 12.8. The van der Waals surface area contributed by atoms with Crippen molar-refractivity contribution in [2.45, 2.75) is 26.7 Å². The van der Waals surface area contributed by atoms with E-state index in [0.29, 0.717) is 19.4 Å². The highest BCUT2D eigenvalue weighted by atomic mass is 16.4. The minimum Gasteiger partial charge on any atom is -0.481 e. The van der Waals surface area contributed by atoms with Gasteiger partial charge in [0.05, 0.1) is 11.8 Å². The summed E-state index contributed by atoms with van der Waals surface area (Å²) in [6, 6.07) is 7.69. The Hall–Kier alpha value is -2.10. The number of carboxylic acids is 1. The highest BCUT2D eigenvalue weighted by Gasteiger charge is 2.36. The number of aliphatic carboxylic acids is 1. The SMILES string of the molecule is CCN(C(=O)[C@@H]1CC=CC[C@@H]1C(=O)O)c1ccccc1C. The van der Waals surface area contributed by atoms with E-state index in [1.807, 2.05) is 50.3 Å². The van der Waals surface area contributed by atoms with Gasteiger partial charge in [-0.2, -0.15) is 0 Å². The molecule has 0 saturated heterocycles. The van der Waals surface area contributed by atoms with E-state index in [-0.39, 0.29) is 5.91 Å².